The summed E-state index contributed by atoms with van der Waals surface area (Å²) in [6, 6.07) is -0.710. The number of aliphatic hydroxyl groups is 2. The molecule has 0 fully saturated rings. The van der Waals surface area contributed by atoms with E-state index in [1.165, 1.54) is 83.5 Å². The van der Waals surface area contributed by atoms with Crippen LogP contribution in [-0.2, 0) is 14.3 Å². The second-order valence-electron chi connectivity index (χ2n) is 15.4. The van der Waals surface area contributed by atoms with Crippen LogP contribution in [-0.4, -0.2) is 46.9 Å². The summed E-state index contributed by atoms with van der Waals surface area (Å²) in [4.78, 5) is 25.9. The van der Waals surface area contributed by atoms with Gasteiger partial charge in [-0.05, 0) is 64.2 Å². The molecule has 3 N–H and O–H groups in total. The molecule has 6 heteroatoms. The van der Waals surface area contributed by atoms with Crippen molar-refractivity contribution in [3.63, 3.8) is 0 Å². The minimum atomic E-state index is -0.794. The van der Waals surface area contributed by atoms with E-state index in [1.807, 2.05) is 0 Å². The molecule has 318 valence electrons. The first-order valence-electron chi connectivity index (χ1n) is 23.0. The number of ether oxygens (including phenoxy) is 1. The largest absolute Gasteiger partial charge is 0.462 e. The SMILES string of the molecule is CC/C=C\C/C=C\C/C=C\C/C=C\C/C=C\CCCC(=O)OC(CCCCCCCCCCC)CC(=O)NC(CO)C(O)CCCCCCCCCCCC. The zero-order chi connectivity index (χ0) is 40.3. The molecule has 0 radical (unpaired) electrons. The van der Waals surface area contributed by atoms with Crippen molar-refractivity contribution in [1.29, 1.82) is 0 Å². The number of amides is 1. The summed E-state index contributed by atoms with van der Waals surface area (Å²) in [5.74, 6) is -0.547. The summed E-state index contributed by atoms with van der Waals surface area (Å²) in [5, 5.41) is 23.6. The first kappa shape index (κ1) is 52.6. The van der Waals surface area contributed by atoms with Crippen LogP contribution in [0.4, 0.5) is 0 Å². The Kier molecular flexibility index (Phi) is 40.8. The van der Waals surface area contributed by atoms with Crippen LogP contribution in [0.5, 0.6) is 0 Å². The number of allylic oxidation sites excluding steroid dienone is 10. The topological polar surface area (TPSA) is 95.9 Å². The van der Waals surface area contributed by atoms with E-state index in [9.17, 15) is 19.8 Å². The third-order valence-electron chi connectivity index (χ3n) is 10.1. The molecule has 3 unspecified atom stereocenters. The number of nitrogens with one attached hydrogen (secondary N) is 1. The molecule has 0 saturated carbocycles. The Bertz CT molecular complexity index is 999. The van der Waals surface area contributed by atoms with E-state index in [0.29, 0.717) is 25.7 Å². The molecule has 0 spiro atoms. The molecule has 3 atom stereocenters. The zero-order valence-electron chi connectivity index (χ0n) is 36.0. The van der Waals surface area contributed by atoms with Gasteiger partial charge < -0.3 is 20.3 Å². The van der Waals surface area contributed by atoms with Crippen molar-refractivity contribution < 1.29 is 24.5 Å². The van der Waals surface area contributed by atoms with Gasteiger partial charge in [-0.25, -0.2) is 0 Å². The predicted molar refractivity (Wildman–Crippen MR) is 236 cm³/mol. The van der Waals surface area contributed by atoms with E-state index >= 15 is 0 Å². The van der Waals surface area contributed by atoms with Gasteiger partial charge in [-0.2, -0.15) is 0 Å². The highest BCUT2D eigenvalue weighted by atomic mass is 16.5. The van der Waals surface area contributed by atoms with Crippen molar-refractivity contribution in [3.05, 3.63) is 60.8 Å². The average Bonchev–Trinajstić information content (AvgIpc) is 3.18. The first-order chi connectivity index (χ1) is 27.0. The van der Waals surface area contributed by atoms with Crippen molar-refractivity contribution in [2.24, 2.45) is 0 Å². The van der Waals surface area contributed by atoms with Crippen LogP contribution in [0.1, 0.15) is 213 Å². The zero-order valence-corrected chi connectivity index (χ0v) is 36.0. The molecule has 0 aliphatic carbocycles. The molecule has 0 aliphatic rings. The van der Waals surface area contributed by atoms with Gasteiger partial charge in [0.05, 0.1) is 25.2 Å². The van der Waals surface area contributed by atoms with Crippen molar-refractivity contribution in [2.75, 3.05) is 6.61 Å². The van der Waals surface area contributed by atoms with Crippen molar-refractivity contribution >= 4 is 11.9 Å². The number of hydrogen-bond donors (Lipinski definition) is 3. The third kappa shape index (κ3) is 38.2. The van der Waals surface area contributed by atoms with Gasteiger partial charge in [0.15, 0.2) is 0 Å². The Balaban J connectivity index is 4.62. The van der Waals surface area contributed by atoms with Crippen LogP contribution in [0.2, 0.25) is 0 Å². The Hall–Kier alpha value is -2.44. The molecule has 0 aromatic heterocycles. The van der Waals surface area contributed by atoms with Crippen LogP contribution in [0.15, 0.2) is 60.8 Å². The fraction of sp³-hybridized carbons (Fsp3) is 0.755. The summed E-state index contributed by atoms with van der Waals surface area (Å²) < 4.78 is 5.86. The van der Waals surface area contributed by atoms with Crippen LogP contribution in [0, 0.1) is 0 Å². The molecule has 0 aromatic rings. The maximum Gasteiger partial charge on any atom is 0.306 e. The van der Waals surface area contributed by atoms with Gasteiger partial charge in [0.25, 0.3) is 0 Å². The monoisotopic (exact) mass is 770 g/mol. The van der Waals surface area contributed by atoms with E-state index in [4.69, 9.17) is 4.74 Å². The molecular formula is C49H87NO5. The smallest absolute Gasteiger partial charge is 0.306 e. The highest BCUT2D eigenvalue weighted by Gasteiger charge is 2.24. The molecule has 0 heterocycles. The molecule has 0 saturated heterocycles. The summed E-state index contributed by atoms with van der Waals surface area (Å²) in [6.45, 7) is 6.31. The van der Waals surface area contributed by atoms with E-state index in [-0.39, 0.29) is 24.9 Å². The van der Waals surface area contributed by atoms with Crippen LogP contribution < -0.4 is 5.32 Å². The molecule has 55 heavy (non-hydrogen) atoms. The number of aliphatic hydroxyl groups excluding tert-OH is 2. The fourth-order valence-corrected chi connectivity index (χ4v) is 6.64. The molecule has 0 bridgehead atoms. The highest BCUT2D eigenvalue weighted by molar-refractivity contribution is 5.77. The van der Waals surface area contributed by atoms with E-state index in [2.05, 4.69) is 86.8 Å². The second kappa shape index (κ2) is 42.7. The quantitative estimate of drug-likeness (QED) is 0.0328. The minimum Gasteiger partial charge on any atom is -0.462 e. The van der Waals surface area contributed by atoms with E-state index in [1.54, 1.807) is 0 Å². The molecular weight excluding hydrogens is 683 g/mol. The second-order valence-corrected chi connectivity index (χ2v) is 15.4. The Morgan fingerprint density at radius 3 is 1.42 bits per heavy atom. The summed E-state index contributed by atoms with van der Waals surface area (Å²) >= 11 is 0. The lowest BCUT2D eigenvalue weighted by Crippen LogP contribution is -2.46. The summed E-state index contributed by atoms with van der Waals surface area (Å²) in [5.41, 5.74) is 0. The lowest BCUT2D eigenvalue weighted by molar-refractivity contribution is -0.151. The maximum atomic E-state index is 13.1. The van der Waals surface area contributed by atoms with Gasteiger partial charge in [-0.3, -0.25) is 9.59 Å². The van der Waals surface area contributed by atoms with Crippen molar-refractivity contribution in [1.82, 2.24) is 5.32 Å². The van der Waals surface area contributed by atoms with Crippen LogP contribution in [0.3, 0.4) is 0 Å². The Morgan fingerprint density at radius 1 is 0.545 bits per heavy atom. The van der Waals surface area contributed by atoms with Crippen LogP contribution in [0.25, 0.3) is 0 Å². The minimum absolute atomic E-state index is 0.0546. The van der Waals surface area contributed by atoms with Gasteiger partial charge in [0.2, 0.25) is 5.91 Å². The first-order valence-corrected chi connectivity index (χ1v) is 23.0. The van der Waals surface area contributed by atoms with Gasteiger partial charge in [-0.1, -0.05) is 197 Å². The normalized spacial score (nSPS) is 13.9. The summed E-state index contributed by atoms with van der Waals surface area (Å²) in [6.07, 6.45) is 51.4. The van der Waals surface area contributed by atoms with E-state index in [0.717, 1.165) is 77.0 Å². The lowest BCUT2D eigenvalue weighted by Gasteiger charge is -2.24. The number of carbonyl (C=O) groups is 2. The number of rotatable bonds is 40. The number of unbranched alkanes of at least 4 members (excludes halogenated alkanes) is 18. The maximum absolute atomic E-state index is 13.1. The number of esters is 1. The van der Waals surface area contributed by atoms with Gasteiger partial charge in [0, 0.05) is 6.42 Å². The van der Waals surface area contributed by atoms with Gasteiger partial charge >= 0.3 is 5.97 Å². The van der Waals surface area contributed by atoms with Gasteiger partial charge in [0.1, 0.15) is 6.10 Å². The third-order valence-corrected chi connectivity index (χ3v) is 10.1. The Labute approximate surface area is 339 Å². The van der Waals surface area contributed by atoms with E-state index < -0.39 is 18.2 Å². The highest BCUT2D eigenvalue weighted by Crippen LogP contribution is 2.17. The van der Waals surface area contributed by atoms with Crippen molar-refractivity contribution in [3.8, 4) is 0 Å². The summed E-state index contributed by atoms with van der Waals surface area (Å²) in [7, 11) is 0. The fourth-order valence-electron chi connectivity index (χ4n) is 6.64. The molecule has 0 aromatic carbocycles. The standard InChI is InChI=1S/C49H87NO5/c1-4-7-10-13-16-19-21-22-23-24-25-26-27-30-33-36-39-42-49(54)55-45(40-37-34-31-28-18-15-12-9-6-3)43-48(53)50-46(44-51)47(52)41-38-35-32-29-20-17-14-11-8-5-2/h7,10,16,19,22-23,25-26,30,33,45-47,51-52H,4-6,8-9,11-15,17-18,20-21,24,27-29,31-32,34-44H2,1-3H3,(H,50,53)/b10-7-,19-16-,23-22-,26-25-,33-30-. The average molecular weight is 770 g/mol. The van der Waals surface area contributed by atoms with Crippen molar-refractivity contribution in [2.45, 2.75) is 232 Å². The molecule has 0 rings (SSSR count). The van der Waals surface area contributed by atoms with Crippen LogP contribution >= 0.6 is 0 Å². The van der Waals surface area contributed by atoms with Gasteiger partial charge in [-0.15, -0.1) is 0 Å². The Morgan fingerprint density at radius 2 is 0.964 bits per heavy atom. The lowest BCUT2D eigenvalue weighted by atomic mass is 10.0. The number of carbonyl (C=O) groups excluding carboxylic acids is 2. The molecule has 1 amide bonds. The number of hydrogen-bond acceptors (Lipinski definition) is 5. The molecule has 0 aliphatic heterocycles. The predicted octanol–water partition coefficient (Wildman–Crippen LogP) is 13.3. The molecule has 6 nitrogen and oxygen atoms in total.